The number of rotatable bonds is 9. The summed E-state index contributed by atoms with van der Waals surface area (Å²) < 4.78 is 5.87. The van der Waals surface area contributed by atoms with Gasteiger partial charge in [-0.3, -0.25) is 0 Å². The molecule has 4 nitrogen and oxygen atoms in total. The Labute approximate surface area is 169 Å². The van der Waals surface area contributed by atoms with Crippen molar-refractivity contribution < 1.29 is 9.84 Å². The Morgan fingerprint density at radius 1 is 1.07 bits per heavy atom. The zero-order valence-corrected chi connectivity index (χ0v) is 17.6. The fraction of sp³-hybridized carbons (Fsp3) is 0.458. The van der Waals surface area contributed by atoms with E-state index in [1.165, 1.54) is 11.1 Å². The third kappa shape index (κ3) is 6.09. The van der Waals surface area contributed by atoms with Crippen LogP contribution in [0.1, 0.15) is 54.1 Å². The van der Waals surface area contributed by atoms with Crippen LogP contribution in [0.15, 0.2) is 36.4 Å². The van der Waals surface area contributed by atoms with E-state index in [0.29, 0.717) is 18.0 Å². The van der Waals surface area contributed by atoms with Gasteiger partial charge in [-0.1, -0.05) is 38.1 Å². The number of aliphatic hydroxyl groups is 1. The average Bonchev–Trinajstić information content (AvgIpc) is 2.64. The molecule has 150 valence electrons. The monoisotopic (exact) mass is 380 g/mol. The lowest BCUT2D eigenvalue weighted by Gasteiger charge is -2.24. The Balaban J connectivity index is 1.97. The molecule has 2 unspecified atom stereocenters. The Morgan fingerprint density at radius 3 is 2.29 bits per heavy atom. The molecule has 2 aromatic carbocycles. The highest BCUT2D eigenvalue weighted by atomic mass is 16.5. The molecule has 0 aliphatic rings. The molecule has 0 aromatic heterocycles. The van der Waals surface area contributed by atoms with Gasteiger partial charge >= 0.3 is 0 Å². The molecule has 0 radical (unpaired) electrons. The Bertz CT molecular complexity index is 801. The van der Waals surface area contributed by atoms with Crippen molar-refractivity contribution in [1.82, 2.24) is 5.32 Å². The Kier molecular flexibility index (Phi) is 8.04. The van der Waals surface area contributed by atoms with E-state index in [1.54, 1.807) is 0 Å². The molecule has 0 fully saturated rings. The summed E-state index contributed by atoms with van der Waals surface area (Å²) in [6.07, 6.45) is 0.389. The van der Waals surface area contributed by atoms with Gasteiger partial charge in [0.2, 0.25) is 0 Å². The van der Waals surface area contributed by atoms with Gasteiger partial charge in [-0.2, -0.15) is 5.26 Å². The van der Waals surface area contributed by atoms with Crippen molar-refractivity contribution >= 4 is 0 Å². The lowest BCUT2D eigenvalue weighted by atomic mass is 9.94. The van der Waals surface area contributed by atoms with E-state index in [-0.39, 0.29) is 12.6 Å². The number of benzene rings is 2. The smallest absolute Gasteiger partial charge is 0.125 e. The van der Waals surface area contributed by atoms with E-state index < -0.39 is 6.10 Å². The van der Waals surface area contributed by atoms with Crippen LogP contribution in [0.3, 0.4) is 0 Å². The number of aryl methyl sites for hydroxylation is 3. The van der Waals surface area contributed by atoms with E-state index in [0.717, 1.165) is 23.3 Å². The summed E-state index contributed by atoms with van der Waals surface area (Å²) in [4.78, 5) is 0. The third-order valence-electron chi connectivity index (χ3n) is 4.88. The van der Waals surface area contributed by atoms with Crippen LogP contribution < -0.4 is 10.1 Å². The van der Waals surface area contributed by atoms with Crippen LogP contribution in [0.4, 0.5) is 0 Å². The van der Waals surface area contributed by atoms with Crippen LogP contribution in [0.25, 0.3) is 0 Å². The number of hydrogen-bond donors (Lipinski definition) is 2. The minimum Gasteiger partial charge on any atom is -0.490 e. The van der Waals surface area contributed by atoms with Gasteiger partial charge in [-0.25, -0.2) is 0 Å². The molecule has 0 spiro atoms. The zero-order chi connectivity index (χ0) is 20.7. The highest BCUT2D eigenvalue weighted by Gasteiger charge is 2.17. The number of ether oxygens (including phenoxy) is 1. The minimum absolute atomic E-state index is 0.203. The predicted molar refractivity (Wildman–Crippen MR) is 114 cm³/mol. The van der Waals surface area contributed by atoms with Crippen LogP contribution >= 0.6 is 0 Å². The first-order chi connectivity index (χ1) is 13.3. The van der Waals surface area contributed by atoms with Gasteiger partial charge < -0.3 is 15.2 Å². The first kappa shape index (κ1) is 21.9. The first-order valence-electron chi connectivity index (χ1n) is 9.93. The van der Waals surface area contributed by atoms with Gasteiger partial charge in [0.15, 0.2) is 0 Å². The highest BCUT2D eigenvalue weighted by Crippen LogP contribution is 2.26. The quantitative estimate of drug-likeness (QED) is 0.667. The minimum atomic E-state index is -0.617. The molecule has 2 rings (SSSR count). The maximum absolute atomic E-state index is 10.5. The van der Waals surface area contributed by atoms with Gasteiger partial charge in [0.25, 0.3) is 0 Å². The Hall–Kier alpha value is -2.35. The fourth-order valence-electron chi connectivity index (χ4n) is 3.53. The summed E-state index contributed by atoms with van der Waals surface area (Å²) in [5.41, 5.74) is 4.99. The van der Waals surface area contributed by atoms with Crippen molar-refractivity contribution in [1.29, 1.82) is 5.26 Å². The maximum atomic E-state index is 10.5. The lowest BCUT2D eigenvalue weighted by Crippen LogP contribution is -2.34. The van der Waals surface area contributed by atoms with E-state index >= 15 is 0 Å². The fourth-order valence-corrected chi connectivity index (χ4v) is 3.53. The highest BCUT2D eigenvalue weighted by molar-refractivity contribution is 5.47. The van der Waals surface area contributed by atoms with Crippen LogP contribution in [0.2, 0.25) is 0 Å². The number of aliphatic hydroxyl groups excluding tert-OH is 1. The van der Waals surface area contributed by atoms with E-state index in [4.69, 9.17) is 10.00 Å². The molecule has 2 atom stereocenters. The molecule has 0 heterocycles. The summed E-state index contributed by atoms with van der Waals surface area (Å²) in [5.74, 6) is 1.30. The SMILES string of the molecule is Cc1ccccc1C(CC(C)C)NCC(O)COc1c(C)cc(C#N)cc1C. The molecule has 0 amide bonds. The predicted octanol–water partition coefficient (Wildman–Crippen LogP) is 4.60. The molecule has 28 heavy (non-hydrogen) atoms. The largest absolute Gasteiger partial charge is 0.490 e. The van der Waals surface area contributed by atoms with Crippen molar-refractivity contribution in [2.75, 3.05) is 13.2 Å². The van der Waals surface area contributed by atoms with Crippen LogP contribution in [0, 0.1) is 38.0 Å². The number of nitriles is 1. The van der Waals surface area contributed by atoms with Crippen molar-refractivity contribution in [2.24, 2.45) is 5.92 Å². The topological polar surface area (TPSA) is 65.3 Å². The van der Waals surface area contributed by atoms with Crippen molar-refractivity contribution in [2.45, 2.75) is 53.2 Å². The van der Waals surface area contributed by atoms with Crippen LogP contribution in [-0.2, 0) is 0 Å². The molecule has 0 saturated heterocycles. The van der Waals surface area contributed by atoms with Gasteiger partial charge in [0, 0.05) is 12.6 Å². The average molecular weight is 381 g/mol. The van der Waals surface area contributed by atoms with E-state index in [2.05, 4.69) is 56.4 Å². The van der Waals surface area contributed by atoms with Crippen molar-refractivity contribution in [3.8, 4) is 11.8 Å². The lowest BCUT2D eigenvalue weighted by molar-refractivity contribution is 0.102. The van der Waals surface area contributed by atoms with E-state index in [1.807, 2.05) is 26.0 Å². The molecule has 0 aliphatic heterocycles. The summed E-state index contributed by atoms with van der Waals surface area (Å²) in [5, 5.41) is 23.0. The second kappa shape index (κ2) is 10.3. The molecule has 2 N–H and O–H groups in total. The molecule has 0 saturated carbocycles. The van der Waals surface area contributed by atoms with Crippen LogP contribution in [0.5, 0.6) is 5.75 Å². The standard InChI is InChI=1S/C24H32N2O2/c1-16(2)10-23(22-9-7-6-8-17(22)3)26-14-21(27)15-28-24-18(4)11-20(13-25)12-19(24)5/h6-9,11-12,16,21,23,26-27H,10,14-15H2,1-5H3. The third-order valence-corrected chi connectivity index (χ3v) is 4.88. The maximum Gasteiger partial charge on any atom is 0.125 e. The zero-order valence-electron chi connectivity index (χ0n) is 17.6. The number of nitrogens with one attached hydrogen (secondary N) is 1. The number of nitrogens with zero attached hydrogens (tertiary/aromatic N) is 1. The van der Waals surface area contributed by atoms with E-state index in [9.17, 15) is 5.11 Å². The normalized spacial score (nSPS) is 13.2. The molecule has 4 heteroatoms. The van der Waals surface area contributed by atoms with Crippen molar-refractivity contribution in [3.63, 3.8) is 0 Å². The molecule has 0 aliphatic carbocycles. The summed E-state index contributed by atoms with van der Waals surface area (Å²) in [6.45, 7) is 11.1. The van der Waals surface area contributed by atoms with Crippen LogP contribution in [-0.4, -0.2) is 24.4 Å². The van der Waals surface area contributed by atoms with Gasteiger partial charge in [-0.05, 0) is 67.5 Å². The second-order valence-electron chi connectivity index (χ2n) is 7.96. The number of hydrogen-bond acceptors (Lipinski definition) is 4. The van der Waals surface area contributed by atoms with Gasteiger partial charge in [-0.15, -0.1) is 0 Å². The summed E-state index contributed by atoms with van der Waals surface area (Å²) in [7, 11) is 0. The van der Waals surface area contributed by atoms with Gasteiger partial charge in [0.1, 0.15) is 18.5 Å². The van der Waals surface area contributed by atoms with Gasteiger partial charge in [0.05, 0.1) is 11.6 Å². The summed E-state index contributed by atoms with van der Waals surface area (Å²) >= 11 is 0. The molecule has 0 bridgehead atoms. The summed E-state index contributed by atoms with van der Waals surface area (Å²) in [6, 6.07) is 14.4. The molecule has 2 aromatic rings. The second-order valence-corrected chi connectivity index (χ2v) is 7.96. The molecular weight excluding hydrogens is 348 g/mol. The first-order valence-corrected chi connectivity index (χ1v) is 9.93. The Morgan fingerprint density at radius 2 is 1.71 bits per heavy atom. The van der Waals surface area contributed by atoms with Crippen molar-refractivity contribution in [3.05, 3.63) is 64.2 Å². The molecular formula is C24H32N2O2.